The second kappa shape index (κ2) is 6.67. The standard InChI is InChI=1S/C12H12N2O3S/c1-8-6-9(2-3-10(8)12(16)17)14-11(15)7-18-5-4-13/h2-3,6H,5,7H2,1H3,(H,14,15)(H,16,17). The van der Waals surface area contributed by atoms with Crippen LogP contribution in [0.1, 0.15) is 15.9 Å². The van der Waals surface area contributed by atoms with Gasteiger partial charge in [0.05, 0.1) is 23.1 Å². The van der Waals surface area contributed by atoms with Crippen molar-refractivity contribution in [2.24, 2.45) is 0 Å². The number of hydrogen-bond donors (Lipinski definition) is 2. The van der Waals surface area contributed by atoms with Gasteiger partial charge in [0.2, 0.25) is 5.91 Å². The number of aryl methyl sites for hydroxylation is 1. The molecule has 1 aromatic carbocycles. The molecular weight excluding hydrogens is 252 g/mol. The summed E-state index contributed by atoms with van der Waals surface area (Å²) in [6, 6.07) is 6.54. The summed E-state index contributed by atoms with van der Waals surface area (Å²) in [5.41, 5.74) is 1.36. The fourth-order valence-corrected chi connectivity index (χ4v) is 1.82. The van der Waals surface area contributed by atoms with Crippen LogP contribution in [0.25, 0.3) is 0 Å². The minimum atomic E-state index is -0.991. The van der Waals surface area contributed by atoms with E-state index in [0.717, 1.165) is 0 Å². The first-order valence-electron chi connectivity index (χ1n) is 5.13. The molecular formula is C12H12N2O3S. The van der Waals surface area contributed by atoms with E-state index in [2.05, 4.69) is 5.32 Å². The van der Waals surface area contributed by atoms with Crippen LogP contribution in [-0.4, -0.2) is 28.5 Å². The molecule has 0 saturated carbocycles. The van der Waals surface area contributed by atoms with Crippen molar-refractivity contribution in [1.29, 1.82) is 5.26 Å². The van der Waals surface area contributed by atoms with Crippen LogP contribution in [0.4, 0.5) is 5.69 Å². The van der Waals surface area contributed by atoms with Crippen molar-refractivity contribution in [3.05, 3.63) is 29.3 Å². The van der Waals surface area contributed by atoms with Crippen LogP contribution in [-0.2, 0) is 4.79 Å². The highest BCUT2D eigenvalue weighted by Crippen LogP contribution is 2.15. The lowest BCUT2D eigenvalue weighted by molar-refractivity contribution is -0.113. The summed E-state index contributed by atoms with van der Waals surface area (Å²) in [5, 5.41) is 19.8. The third-order valence-corrected chi connectivity index (χ3v) is 2.94. The molecule has 0 aliphatic heterocycles. The minimum absolute atomic E-state index is 0.202. The van der Waals surface area contributed by atoms with Crippen LogP contribution in [0.3, 0.4) is 0 Å². The minimum Gasteiger partial charge on any atom is -0.478 e. The quantitative estimate of drug-likeness (QED) is 0.792. The summed E-state index contributed by atoms with van der Waals surface area (Å²) in [7, 11) is 0. The van der Waals surface area contributed by atoms with E-state index in [1.54, 1.807) is 19.1 Å². The number of hydrogen-bond acceptors (Lipinski definition) is 4. The predicted molar refractivity (Wildman–Crippen MR) is 69.7 cm³/mol. The van der Waals surface area contributed by atoms with Crippen molar-refractivity contribution < 1.29 is 14.7 Å². The highest BCUT2D eigenvalue weighted by atomic mass is 32.2. The van der Waals surface area contributed by atoms with Gasteiger partial charge in [-0.25, -0.2) is 4.79 Å². The number of nitrogens with zero attached hydrogens (tertiary/aromatic N) is 1. The number of nitrogens with one attached hydrogen (secondary N) is 1. The first kappa shape index (κ1) is 14.1. The number of rotatable bonds is 5. The molecule has 1 rings (SSSR count). The Labute approximate surface area is 109 Å². The number of carboxylic acids is 1. The number of carbonyl (C=O) groups is 2. The van der Waals surface area contributed by atoms with Crippen molar-refractivity contribution in [3.8, 4) is 6.07 Å². The van der Waals surface area contributed by atoms with Crippen molar-refractivity contribution >= 4 is 29.3 Å². The Bertz CT molecular complexity index is 509. The lowest BCUT2D eigenvalue weighted by atomic mass is 10.1. The second-order valence-electron chi connectivity index (χ2n) is 3.53. The maximum atomic E-state index is 11.5. The largest absolute Gasteiger partial charge is 0.478 e. The van der Waals surface area contributed by atoms with Crippen LogP contribution in [0, 0.1) is 18.3 Å². The number of carboxylic acid groups (broad SMARTS) is 1. The molecule has 0 aromatic heterocycles. The van der Waals surface area contributed by atoms with E-state index in [-0.39, 0.29) is 23.0 Å². The van der Waals surface area contributed by atoms with Gasteiger partial charge >= 0.3 is 5.97 Å². The molecule has 1 amide bonds. The normalized spacial score (nSPS) is 9.56. The molecule has 0 aliphatic carbocycles. The number of nitriles is 1. The number of carbonyl (C=O) groups excluding carboxylic acids is 1. The third kappa shape index (κ3) is 4.11. The molecule has 0 spiro atoms. The van der Waals surface area contributed by atoms with E-state index < -0.39 is 5.97 Å². The maximum Gasteiger partial charge on any atom is 0.335 e. The SMILES string of the molecule is Cc1cc(NC(=O)CSCC#N)ccc1C(=O)O. The number of benzene rings is 1. The number of aromatic carboxylic acids is 1. The zero-order valence-corrected chi connectivity index (χ0v) is 10.6. The van der Waals surface area contributed by atoms with Gasteiger partial charge in [-0.15, -0.1) is 11.8 Å². The summed E-state index contributed by atoms with van der Waals surface area (Å²) in [6.45, 7) is 1.67. The molecule has 6 heteroatoms. The monoisotopic (exact) mass is 264 g/mol. The van der Waals surface area contributed by atoms with Crippen LogP contribution >= 0.6 is 11.8 Å². The molecule has 94 valence electrons. The Morgan fingerprint density at radius 3 is 2.78 bits per heavy atom. The van der Waals surface area contributed by atoms with Gasteiger partial charge in [-0.2, -0.15) is 5.26 Å². The number of amides is 1. The van der Waals surface area contributed by atoms with E-state index in [4.69, 9.17) is 10.4 Å². The van der Waals surface area contributed by atoms with Gasteiger partial charge in [-0.3, -0.25) is 4.79 Å². The van der Waals surface area contributed by atoms with Crippen LogP contribution in [0.5, 0.6) is 0 Å². The summed E-state index contributed by atoms with van der Waals surface area (Å²) in [4.78, 5) is 22.3. The van der Waals surface area contributed by atoms with Crippen LogP contribution in [0.15, 0.2) is 18.2 Å². The molecule has 0 saturated heterocycles. The highest BCUT2D eigenvalue weighted by molar-refractivity contribution is 8.00. The molecule has 0 unspecified atom stereocenters. The fraction of sp³-hybridized carbons (Fsp3) is 0.250. The Kier molecular flexibility index (Phi) is 5.21. The molecule has 5 nitrogen and oxygen atoms in total. The summed E-state index contributed by atoms with van der Waals surface area (Å²) >= 11 is 1.23. The zero-order chi connectivity index (χ0) is 13.5. The van der Waals surface area contributed by atoms with E-state index in [0.29, 0.717) is 11.3 Å². The van der Waals surface area contributed by atoms with E-state index in [1.165, 1.54) is 17.8 Å². The van der Waals surface area contributed by atoms with Gasteiger partial charge in [-0.05, 0) is 30.7 Å². The summed E-state index contributed by atoms with van der Waals surface area (Å²) in [5.74, 6) is -0.731. The van der Waals surface area contributed by atoms with Crippen LogP contribution in [0.2, 0.25) is 0 Å². The van der Waals surface area contributed by atoms with E-state index in [9.17, 15) is 9.59 Å². The topological polar surface area (TPSA) is 90.2 Å². The van der Waals surface area contributed by atoms with Gasteiger partial charge in [0.25, 0.3) is 0 Å². The number of thioether (sulfide) groups is 1. The van der Waals surface area contributed by atoms with Gasteiger partial charge < -0.3 is 10.4 Å². The summed E-state index contributed by atoms with van der Waals surface area (Å²) in [6.07, 6.45) is 0. The molecule has 18 heavy (non-hydrogen) atoms. The third-order valence-electron chi connectivity index (χ3n) is 2.14. The van der Waals surface area contributed by atoms with Crippen molar-refractivity contribution in [1.82, 2.24) is 0 Å². The fourth-order valence-electron chi connectivity index (χ4n) is 1.37. The van der Waals surface area contributed by atoms with E-state index in [1.807, 2.05) is 6.07 Å². The lowest BCUT2D eigenvalue weighted by Crippen LogP contribution is -2.14. The van der Waals surface area contributed by atoms with Crippen molar-refractivity contribution in [2.75, 3.05) is 16.8 Å². The first-order valence-corrected chi connectivity index (χ1v) is 6.28. The van der Waals surface area contributed by atoms with Crippen molar-refractivity contribution in [3.63, 3.8) is 0 Å². The van der Waals surface area contributed by atoms with Crippen LogP contribution < -0.4 is 5.32 Å². The molecule has 0 fully saturated rings. The zero-order valence-electron chi connectivity index (χ0n) is 9.77. The Morgan fingerprint density at radius 1 is 1.50 bits per heavy atom. The molecule has 2 N–H and O–H groups in total. The maximum absolute atomic E-state index is 11.5. The van der Waals surface area contributed by atoms with Gasteiger partial charge in [0, 0.05) is 5.69 Å². The van der Waals surface area contributed by atoms with Gasteiger partial charge in [-0.1, -0.05) is 0 Å². The van der Waals surface area contributed by atoms with E-state index >= 15 is 0 Å². The predicted octanol–water partition coefficient (Wildman–Crippen LogP) is 1.89. The molecule has 1 aromatic rings. The highest BCUT2D eigenvalue weighted by Gasteiger charge is 2.08. The second-order valence-corrected chi connectivity index (χ2v) is 4.52. The molecule has 0 radical (unpaired) electrons. The first-order chi connectivity index (χ1) is 8.54. The van der Waals surface area contributed by atoms with Crippen molar-refractivity contribution in [2.45, 2.75) is 6.92 Å². The molecule has 0 aliphatic rings. The number of anilines is 1. The Balaban J connectivity index is 2.64. The molecule has 0 heterocycles. The molecule has 0 bridgehead atoms. The Morgan fingerprint density at radius 2 is 2.22 bits per heavy atom. The van der Waals surface area contributed by atoms with Gasteiger partial charge in [0.15, 0.2) is 0 Å². The van der Waals surface area contributed by atoms with Gasteiger partial charge in [0.1, 0.15) is 0 Å². The Hall–Kier alpha value is -2.00. The average Bonchev–Trinajstić information content (AvgIpc) is 2.28. The molecule has 0 atom stereocenters. The average molecular weight is 264 g/mol. The summed E-state index contributed by atoms with van der Waals surface area (Å²) < 4.78 is 0. The smallest absolute Gasteiger partial charge is 0.335 e. The lowest BCUT2D eigenvalue weighted by Gasteiger charge is -2.07.